The first-order valence-corrected chi connectivity index (χ1v) is 16.0. The molecule has 172 valence electrons. The fourth-order valence-corrected chi connectivity index (χ4v) is 6.55. The Morgan fingerprint density at radius 2 is 0.571 bits per heavy atom. The van der Waals surface area contributed by atoms with Crippen molar-refractivity contribution in [1.82, 2.24) is 0 Å². The van der Waals surface area contributed by atoms with Crippen LogP contribution in [-0.2, 0) is 0 Å². The molecule has 0 saturated carbocycles. The average Bonchev–Trinajstić information content (AvgIpc) is 2.64. The number of hydrogen-bond acceptors (Lipinski definition) is 0. The zero-order valence-corrected chi connectivity index (χ0v) is 22.0. The molecule has 0 spiro atoms. The quantitative estimate of drug-likeness (QED) is 0.126. The highest BCUT2D eigenvalue weighted by molar-refractivity contribution is 7.74. The van der Waals surface area contributed by atoms with Crippen molar-refractivity contribution in [3.8, 4) is 0 Å². The van der Waals surface area contributed by atoms with Crippen LogP contribution < -0.4 is 12.4 Å². The van der Waals surface area contributed by atoms with Gasteiger partial charge in [0, 0.05) is 20.6 Å². The molecule has 0 aliphatic carbocycles. The smallest absolute Gasteiger partial charge is 0.0589 e. The van der Waals surface area contributed by atoms with Gasteiger partial charge in [0.15, 0.2) is 0 Å². The van der Waals surface area contributed by atoms with Crippen molar-refractivity contribution in [3.05, 3.63) is 0 Å². The minimum absolute atomic E-state index is 0. The number of hydrogen-bond donors (Lipinski definition) is 0. The third-order valence-electron chi connectivity index (χ3n) is 6.23. The Labute approximate surface area is 187 Å². The molecule has 0 aliphatic heterocycles. The molecule has 0 nitrogen and oxygen atoms in total. The molecular weight excluding hydrogens is 379 g/mol. The Bertz CT molecular complexity index is 252. The van der Waals surface area contributed by atoms with Gasteiger partial charge in [-0.2, -0.15) is 0 Å². The normalized spacial score (nSPS) is 11.6. The molecule has 0 fully saturated rings. The van der Waals surface area contributed by atoms with Crippen molar-refractivity contribution in [2.45, 2.75) is 142 Å². The summed E-state index contributed by atoms with van der Waals surface area (Å²) in [5, 5.41) is 0. The van der Waals surface area contributed by atoms with Crippen LogP contribution in [0.4, 0.5) is 0 Å². The Morgan fingerprint density at radius 1 is 0.357 bits per heavy atom. The van der Waals surface area contributed by atoms with Gasteiger partial charge in [-0.3, -0.25) is 0 Å². The molecule has 0 amide bonds. The first-order valence-electron chi connectivity index (χ1n) is 12.9. The molecule has 0 aliphatic rings. The van der Waals surface area contributed by atoms with Crippen LogP contribution in [0.3, 0.4) is 0 Å². The molecule has 0 heterocycles. The highest BCUT2D eigenvalue weighted by Gasteiger charge is 2.23. The van der Waals surface area contributed by atoms with Gasteiger partial charge in [-0.1, -0.05) is 117 Å². The maximum atomic E-state index is 2.62. The molecule has 0 radical (unpaired) electrons. The number of halogens is 1. The van der Waals surface area contributed by atoms with E-state index in [1.165, 1.54) is 128 Å². The highest BCUT2D eigenvalue weighted by atomic mass is 35.5. The lowest BCUT2D eigenvalue weighted by atomic mass is 10.1. The van der Waals surface area contributed by atoms with Crippen molar-refractivity contribution in [1.29, 1.82) is 0 Å². The number of unbranched alkanes of at least 4 members (excludes halogenated alkanes) is 18. The van der Waals surface area contributed by atoms with Crippen LogP contribution in [0.5, 0.6) is 0 Å². The van der Waals surface area contributed by atoms with Crippen LogP contribution >= 0.6 is 7.26 Å². The van der Waals surface area contributed by atoms with Crippen LogP contribution in [0.2, 0.25) is 0 Å². The third-order valence-corrected chi connectivity index (χ3v) is 9.29. The Morgan fingerprint density at radius 3 is 0.821 bits per heavy atom. The Balaban J connectivity index is 0. The molecule has 0 aromatic heterocycles. The van der Waals surface area contributed by atoms with Gasteiger partial charge in [-0.25, -0.2) is 0 Å². The average molecular weight is 435 g/mol. The minimum Gasteiger partial charge on any atom is -1.00 e. The van der Waals surface area contributed by atoms with E-state index in [-0.39, 0.29) is 12.4 Å². The van der Waals surface area contributed by atoms with E-state index in [1.807, 2.05) is 0 Å². The predicted octanol–water partition coefficient (Wildman–Crippen LogP) is 7.11. The standard InChI is InChI=1S/C26H56P.ClH/c1-5-7-9-11-13-15-17-19-21-23-25-27(3,4)26-24-22-20-18-16-14-12-10-8-6-2;/h5-26H2,1-4H3;1H/q+1;/p-1. The summed E-state index contributed by atoms with van der Waals surface area (Å²) in [4.78, 5) is 0. The molecule has 0 bridgehead atoms. The van der Waals surface area contributed by atoms with Crippen molar-refractivity contribution in [3.63, 3.8) is 0 Å². The van der Waals surface area contributed by atoms with E-state index in [9.17, 15) is 0 Å². The molecule has 0 atom stereocenters. The lowest BCUT2D eigenvalue weighted by Gasteiger charge is -2.18. The zero-order chi connectivity index (χ0) is 20.1. The summed E-state index contributed by atoms with van der Waals surface area (Å²) in [6.07, 6.45) is 32.5. The van der Waals surface area contributed by atoms with E-state index in [0.29, 0.717) is 0 Å². The summed E-state index contributed by atoms with van der Waals surface area (Å²) >= 11 is 0. The fraction of sp³-hybridized carbons (Fsp3) is 1.00. The molecule has 0 unspecified atom stereocenters. The summed E-state index contributed by atoms with van der Waals surface area (Å²) in [6, 6.07) is 0. The van der Waals surface area contributed by atoms with Gasteiger partial charge in [0.2, 0.25) is 0 Å². The summed E-state index contributed by atoms with van der Waals surface area (Å²) in [6.45, 7) is 9.85. The highest BCUT2D eigenvalue weighted by Crippen LogP contribution is 2.52. The summed E-state index contributed by atoms with van der Waals surface area (Å²) in [5.74, 6) is 0. The summed E-state index contributed by atoms with van der Waals surface area (Å²) in [5.41, 5.74) is 0. The SMILES string of the molecule is CCCCCCCCCCCC[P+](C)(C)CCCCCCCCCCCC.[Cl-]. The van der Waals surface area contributed by atoms with Crippen LogP contribution in [-0.4, -0.2) is 25.7 Å². The van der Waals surface area contributed by atoms with Crippen LogP contribution in [0.15, 0.2) is 0 Å². The molecule has 0 N–H and O–H groups in total. The second-order valence-electron chi connectivity index (χ2n) is 9.75. The van der Waals surface area contributed by atoms with Crippen molar-refractivity contribution >= 4 is 7.26 Å². The first-order chi connectivity index (χ1) is 13.1. The van der Waals surface area contributed by atoms with E-state index in [4.69, 9.17) is 0 Å². The van der Waals surface area contributed by atoms with Crippen molar-refractivity contribution < 1.29 is 12.4 Å². The number of rotatable bonds is 22. The second kappa shape index (κ2) is 24.0. The largest absolute Gasteiger partial charge is 1.00 e. The maximum absolute atomic E-state index is 2.62. The van der Waals surface area contributed by atoms with Crippen LogP contribution in [0, 0.1) is 0 Å². The maximum Gasteiger partial charge on any atom is 0.0589 e. The third kappa shape index (κ3) is 24.8. The van der Waals surface area contributed by atoms with Crippen LogP contribution in [0.1, 0.15) is 142 Å². The monoisotopic (exact) mass is 434 g/mol. The van der Waals surface area contributed by atoms with Gasteiger partial charge >= 0.3 is 0 Å². The van der Waals surface area contributed by atoms with Crippen LogP contribution in [0.25, 0.3) is 0 Å². The van der Waals surface area contributed by atoms with Gasteiger partial charge < -0.3 is 12.4 Å². The summed E-state index contributed by atoms with van der Waals surface area (Å²) in [7, 11) is -0.590. The molecule has 2 heteroatoms. The molecule has 0 saturated heterocycles. The predicted molar refractivity (Wildman–Crippen MR) is 132 cm³/mol. The van der Waals surface area contributed by atoms with Gasteiger partial charge in [0.1, 0.15) is 0 Å². The first kappa shape index (κ1) is 30.9. The van der Waals surface area contributed by atoms with E-state index < -0.39 is 7.26 Å². The minimum atomic E-state index is -0.590. The fourth-order valence-electron chi connectivity index (χ4n) is 4.17. The van der Waals surface area contributed by atoms with E-state index in [2.05, 4.69) is 27.2 Å². The zero-order valence-electron chi connectivity index (χ0n) is 20.4. The lowest BCUT2D eigenvalue weighted by molar-refractivity contribution is -0.00000629. The van der Waals surface area contributed by atoms with E-state index in [0.717, 1.165) is 0 Å². The van der Waals surface area contributed by atoms with Gasteiger partial charge in [0.25, 0.3) is 0 Å². The summed E-state index contributed by atoms with van der Waals surface area (Å²) < 4.78 is 0. The lowest BCUT2D eigenvalue weighted by Crippen LogP contribution is -3.00. The molecule has 28 heavy (non-hydrogen) atoms. The van der Waals surface area contributed by atoms with E-state index >= 15 is 0 Å². The molecule has 0 rings (SSSR count). The topological polar surface area (TPSA) is 0 Å². The molecule has 0 aromatic carbocycles. The Kier molecular flexibility index (Phi) is 26.5. The van der Waals surface area contributed by atoms with Gasteiger partial charge in [-0.15, -0.1) is 0 Å². The second-order valence-corrected chi connectivity index (χ2v) is 14.5. The van der Waals surface area contributed by atoms with Gasteiger partial charge in [-0.05, 0) is 25.7 Å². The van der Waals surface area contributed by atoms with Crippen molar-refractivity contribution in [2.75, 3.05) is 25.7 Å². The van der Waals surface area contributed by atoms with E-state index in [1.54, 1.807) is 12.3 Å². The van der Waals surface area contributed by atoms with Gasteiger partial charge in [0.05, 0.1) is 12.3 Å². The van der Waals surface area contributed by atoms with Crippen molar-refractivity contribution in [2.24, 2.45) is 0 Å². The Hall–Kier alpha value is 0.720. The molecule has 0 aromatic rings. The molecular formula is C26H56ClP.